The van der Waals surface area contributed by atoms with Crippen LogP contribution >= 0.6 is 0 Å². The first kappa shape index (κ1) is 16.9. The highest BCUT2D eigenvalue weighted by molar-refractivity contribution is 4.67. The molecule has 1 fully saturated rings. The normalized spacial score (nSPS) is 21.0. The average molecular weight is 270 g/mol. The molecule has 0 saturated carbocycles. The van der Waals surface area contributed by atoms with Crippen LogP contribution in [0.1, 0.15) is 46.0 Å². The zero-order chi connectivity index (χ0) is 13.9. The maximum atomic E-state index is 5.40. The highest BCUT2D eigenvalue weighted by atomic mass is 16.5. The molecular formula is C16H34N2O. The topological polar surface area (TPSA) is 15.7 Å². The van der Waals surface area contributed by atoms with Crippen LogP contribution in [0.2, 0.25) is 0 Å². The van der Waals surface area contributed by atoms with Crippen molar-refractivity contribution >= 4 is 0 Å². The summed E-state index contributed by atoms with van der Waals surface area (Å²) in [5.74, 6) is 0.837. The summed E-state index contributed by atoms with van der Waals surface area (Å²) >= 11 is 0. The summed E-state index contributed by atoms with van der Waals surface area (Å²) in [6.45, 7) is 12.6. The van der Waals surface area contributed by atoms with Crippen LogP contribution in [0.5, 0.6) is 0 Å². The third kappa shape index (κ3) is 8.61. The zero-order valence-electron chi connectivity index (χ0n) is 13.4. The molecule has 19 heavy (non-hydrogen) atoms. The first-order valence-electron chi connectivity index (χ1n) is 8.21. The average Bonchev–Trinajstić information content (AvgIpc) is 2.39. The van der Waals surface area contributed by atoms with Crippen molar-refractivity contribution in [3.05, 3.63) is 0 Å². The standard InChI is InChI=1S/C16H34N2O/c1-4-19-15-7-8-16(2)9-12-18-11-6-5-10-17(3)13-14-18/h16H,4-15H2,1-3H3. The summed E-state index contributed by atoms with van der Waals surface area (Å²) in [7, 11) is 2.25. The molecule has 0 bridgehead atoms. The first-order valence-corrected chi connectivity index (χ1v) is 8.21. The van der Waals surface area contributed by atoms with Gasteiger partial charge in [0, 0.05) is 26.3 Å². The molecule has 0 N–H and O–H groups in total. The van der Waals surface area contributed by atoms with Crippen LogP contribution in [0.3, 0.4) is 0 Å². The number of nitrogens with zero attached hydrogens (tertiary/aromatic N) is 2. The molecule has 114 valence electrons. The summed E-state index contributed by atoms with van der Waals surface area (Å²) in [5, 5.41) is 0. The number of hydrogen-bond acceptors (Lipinski definition) is 3. The summed E-state index contributed by atoms with van der Waals surface area (Å²) in [4.78, 5) is 5.13. The van der Waals surface area contributed by atoms with E-state index in [1.54, 1.807) is 0 Å². The van der Waals surface area contributed by atoms with Gasteiger partial charge < -0.3 is 14.5 Å². The largest absolute Gasteiger partial charge is 0.382 e. The monoisotopic (exact) mass is 270 g/mol. The smallest absolute Gasteiger partial charge is 0.0465 e. The third-order valence-electron chi connectivity index (χ3n) is 4.19. The van der Waals surface area contributed by atoms with Crippen LogP contribution in [0.4, 0.5) is 0 Å². The van der Waals surface area contributed by atoms with E-state index in [1.165, 1.54) is 64.8 Å². The van der Waals surface area contributed by atoms with E-state index in [1.807, 2.05) is 0 Å². The van der Waals surface area contributed by atoms with Gasteiger partial charge in [-0.05, 0) is 71.6 Å². The molecule has 3 nitrogen and oxygen atoms in total. The molecule has 1 heterocycles. The van der Waals surface area contributed by atoms with Crippen LogP contribution in [-0.2, 0) is 4.74 Å². The Morgan fingerprint density at radius 3 is 2.63 bits per heavy atom. The molecule has 0 aromatic carbocycles. The van der Waals surface area contributed by atoms with Gasteiger partial charge in [0.05, 0.1) is 0 Å². The minimum atomic E-state index is 0.837. The number of likely N-dealkylation sites (N-methyl/N-ethyl adjacent to an activating group) is 1. The Morgan fingerprint density at radius 1 is 1.05 bits per heavy atom. The minimum absolute atomic E-state index is 0.837. The molecule has 0 aliphatic carbocycles. The van der Waals surface area contributed by atoms with E-state index in [0.717, 1.165) is 19.1 Å². The van der Waals surface area contributed by atoms with Gasteiger partial charge in [0.25, 0.3) is 0 Å². The van der Waals surface area contributed by atoms with E-state index in [4.69, 9.17) is 4.74 Å². The third-order valence-corrected chi connectivity index (χ3v) is 4.19. The molecule has 0 spiro atoms. The van der Waals surface area contributed by atoms with Crippen molar-refractivity contribution in [1.82, 2.24) is 9.80 Å². The summed E-state index contributed by atoms with van der Waals surface area (Å²) < 4.78 is 5.40. The Balaban J connectivity index is 2.08. The SMILES string of the molecule is CCOCCCC(C)CCN1CCCCN(C)CC1. The Morgan fingerprint density at radius 2 is 1.84 bits per heavy atom. The lowest BCUT2D eigenvalue weighted by Gasteiger charge is -2.29. The van der Waals surface area contributed by atoms with Gasteiger partial charge in [0.15, 0.2) is 0 Å². The van der Waals surface area contributed by atoms with Crippen LogP contribution in [-0.4, -0.2) is 62.8 Å². The van der Waals surface area contributed by atoms with E-state index in [0.29, 0.717) is 0 Å². The molecule has 3 heteroatoms. The van der Waals surface area contributed by atoms with E-state index < -0.39 is 0 Å². The van der Waals surface area contributed by atoms with Gasteiger partial charge >= 0.3 is 0 Å². The molecule has 1 atom stereocenters. The predicted octanol–water partition coefficient (Wildman–Crippen LogP) is 2.86. The molecule has 1 aliphatic heterocycles. The fraction of sp³-hybridized carbons (Fsp3) is 1.00. The second kappa shape index (κ2) is 10.6. The Bertz CT molecular complexity index is 211. The van der Waals surface area contributed by atoms with Crippen molar-refractivity contribution in [2.45, 2.75) is 46.0 Å². The second-order valence-electron chi connectivity index (χ2n) is 6.09. The van der Waals surface area contributed by atoms with Crippen molar-refractivity contribution in [2.24, 2.45) is 5.92 Å². The van der Waals surface area contributed by atoms with Gasteiger partial charge in [-0.25, -0.2) is 0 Å². The number of ether oxygens (including phenoxy) is 1. The molecule has 1 aliphatic rings. The van der Waals surface area contributed by atoms with E-state index in [9.17, 15) is 0 Å². The quantitative estimate of drug-likeness (QED) is 0.631. The van der Waals surface area contributed by atoms with E-state index in [2.05, 4.69) is 30.7 Å². The van der Waals surface area contributed by atoms with Crippen LogP contribution in [0.15, 0.2) is 0 Å². The predicted molar refractivity (Wildman–Crippen MR) is 82.7 cm³/mol. The zero-order valence-corrected chi connectivity index (χ0v) is 13.4. The van der Waals surface area contributed by atoms with Crippen molar-refractivity contribution in [3.63, 3.8) is 0 Å². The lowest BCUT2D eigenvalue weighted by Crippen LogP contribution is -2.38. The highest BCUT2D eigenvalue weighted by Crippen LogP contribution is 2.12. The van der Waals surface area contributed by atoms with Crippen molar-refractivity contribution in [3.8, 4) is 0 Å². The van der Waals surface area contributed by atoms with E-state index in [-0.39, 0.29) is 0 Å². The molecular weight excluding hydrogens is 236 g/mol. The van der Waals surface area contributed by atoms with Gasteiger partial charge in [0.1, 0.15) is 0 Å². The van der Waals surface area contributed by atoms with Crippen LogP contribution in [0.25, 0.3) is 0 Å². The fourth-order valence-electron chi connectivity index (χ4n) is 2.70. The van der Waals surface area contributed by atoms with Crippen LogP contribution in [0, 0.1) is 5.92 Å². The van der Waals surface area contributed by atoms with Gasteiger partial charge in [-0.3, -0.25) is 0 Å². The second-order valence-corrected chi connectivity index (χ2v) is 6.09. The molecule has 0 amide bonds. The lowest BCUT2D eigenvalue weighted by atomic mass is 10.0. The minimum Gasteiger partial charge on any atom is -0.382 e. The summed E-state index contributed by atoms with van der Waals surface area (Å²) in [5.41, 5.74) is 0. The molecule has 1 saturated heterocycles. The van der Waals surface area contributed by atoms with Gasteiger partial charge in [-0.15, -0.1) is 0 Å². The van der Waals surface area contributed by atoms with Crippen molar-refractivity contribution < 1.29 is 4.74 Å². The van der Waals surface area contributed by atoms with Gasteiger partial charge in [-0.2, -0.15) is 0 Å². The molecule has 0 radical (unpaired) electrons. The first-order chi connectivity index (χ1) is 9.22. The molecule has 0 aromatic rings. The maximum absolute atomic E-state index is 5.40. The number of hydrogen-bond donors (Lipinski definition) is 0. The summed E-state index contributed by atoms with van der Waals surface area (Å²) in [6, 6.07) is 0. The fourth-order valence-corrected chi connectivity index (χ4v) is 2.70. The number of rotatable bonds is 8. The van der Waals surface area contributed by atoms with E-state index >= 15 is 0 Å². The molecule has 0 aromatic heterocycles. The lowest BCUT2D eigenvalue weighted by molar-refractivity contribution is 0.137. The highest BCUT2D eigenvalue weighted by Gasteiger charge is 2.11. The van der Waals surface area contributed by atoms with Crippen LogP contribution < -0.4 is 0 Å². The Labute approximate surface area is 120 Å². The van der Waals surface area contributed by atoms with Crippen molar-refractivity contribution in [1.29, 1.82) is 0 Å². The van der Waals surface area contributed by atoms with Gasteiger partial charge in [0.2, 0.25) is 0 Å². The Hall–Kier alpha value is -0.120. The molecule has 1 rings (SSSR count). The Kier molecular flexibility index (Phi) is 9.48. The van der Waals surface area contributed by atoms with Gasteiger partial charge in [-0.1, -0.05) is 6.92 Å². The molecule has 1 unspecified atom stereocenters. The summed E-state index contributed by atoms with van der Waals surface area (Å²) in [6.07, 6.45) is 6.60. The maximum Gasteiger partial charge on any atom is 0.0465 e. The van der Waals surface area contributed by atoms with Crippen molar-refractivity contribution in [2.75, 3.05) is 53.0 Å².